The number of benzene rings is 5. The Balaban J connectivity index is 1.84. The molecule has 6 rings (SSSR count). The zero-order valence-electron chi connectivity index (χ0n) is 15.9. The normalized spacial score (nSPS) is 11.7. The Labute approximate surface area is 183 Å². The van der Waals surface area contributed by atoms with Crippen molar-refractivity contribution in [2.45, 2.75) is 0 Å². The van der Waals surface area contributed by atoms with E-state index in [2.05, 4.69) is 83.8 Å². The standard InChI is InChI=1S/C27H15Cl2N/c28-25-15-26(29)30-27-21-12-6-5-11-20(21)23(14-24(25)27)22-13-16-7-1-2-8-17(16)18-9-3-4-10-19(18)22/h1-15H. The minimum atomic E-state index is 0.404. The summed E-state index contributed by atoms with van der Waals surface area (Å²) in [7, 11) is 0. The van der Waals surface area contributed by atoms with E-state index in [1.54, 1.807) is 6.07 Å². The molecule has 0 unspecified atom stereocenters. The van der Waals surface area contributed by atoms with Crippen LogP contribution in [0.3, 0.4) is 0 Å². The fraction of sp³-hybridized carbons (Fsp3) is 0. The maximum atomic E-state index is 6.61. The molecular formula is C27H15Cl2N. The largest absolute Gasteiger partial charge is 0.235 e. The van der Waals surface area contributed by atoms with Crippen molar-refractivity contribution in [2.24, 2.45) is 0 Å². The van der Waals surface area contributed by atoms with Crippen LogP contribution in [0.1, 0.15) is 0 Å². The molecule has 0 bridgehead atoms. The van der Waals surface area contributed by atoms with Crippen LogP contribution in [0.25, 0.3) is 54.3 Å². The number of hydrogen-bond donors (Lipinski definition) is 0. The van der Waals surface area contributed by atoms with Gasteiger partial charge in [0.15, 0.2) is 0 Å². The van der Waals surface area contributed by atoms with Gasteiger partial charge in [0, 0.05) is 10.8 Å². The molecule has 0 radical (unpaired) electrons. The van der Waals surface area contributed by atoms with E-state index in [-0.39, 0.29) is 0 Å². The lowest BCUT2D eigenvalue weighted by Gasteiger charge is -2.15. The van der Waals surface area contributed by atoms with Crippen LogP contribution < -0.4 is 0 Å². The predicted molar refractivity (Wildman–Crippen MR) is 130 cm³/mol. The van der Waals surface area contributed by atoms with Gasteiger partial charge in [-0.2, -0.15) is 0 Å². The first-order valence-electron chi connectivity index (χ1n) is 9.79. The minimum absolute atomic E-state index is 0.404. The average molecular weight is 424 g/mol. The zero-order chi connectivity index (χ0) is 20.2. The topological polar surface area (TPSA) is 12.9 Å². The number of rotatable bonds is 1. The van der Waals surface area contributed by atoms with Gasteiger partial charge in [-0.05, 0) is 56.3 Å². The van der Waals surface area contributed by atoms with Crippen molar-refractivity contribution in [1.29, 1.82) is 0 Å². The predicted octanol–water partition coefficient (Wildman–Crippen LogP) is 8.67. The molecule has 0 aliphatic heterocycles. The Bertz CT molecular complexity index is 1620. The highest BCUT2D eigenvalue weighted by molar-refractivity contribution is 6.39. The lowest BCUT2D eigenvalue weighted by atomic mass is 9.89. The van der Waals surface area contributed by atoms with Crippen molar-refractivity contribution in [1.82, 2.24) is 4.98 Å². The van der Waals surface area contributed by atoms with E-state index in [1.165, 1.54) is 27.1 Å². The second-order valence-electron chi connectivity index (χ2n) is 7.48. The molecule has 1 aromatic heterocycles. The summed E-state index contributed by atoms with van der Waals surface area (Å²) in [6.07, 6.45) is 0. The molecule has 30 heavy (non-hydrogen) atoms. The molecule has 6 aromatic rings. The van der Waals surface area contributed by atoms with Crippen molar-refractivity contribution in [2.75, 3.05) is 0 Å². The van der Waals surface area contributed by atoms with E-state index in [9.17, 15) is 0 Å². The van der Waals surface area contributed by atoms with Gasteiger partial charge in [0.1, 0.15) is 5.15 Å². The molecule has 1 heterocycles. The van der Waals surface area contributed by atoms with Crippen LogP contribution >= 0.6 is 23.2 Å². The first-order chi connectivity index (χ1) is 14.7. The van der Waals surface area contributed by atoms with Crippen LogP contribution in [-0.2, 0) is 0 Å². The molecule has 0 atom stereocenters. The van der Waals surface area contributed by atoms with Crippen molar-refractivity contribution in [3.05, 3.63) is 101 Å². The Hall–Kier alpha value is -3.13. The average Bonchev–Trinajstić information content (AvgIpc) is 2.78. The van der Waals surface area contributed by atoms with E-state index in [1.807, 2.05) is 6.07 Å². The summed E-state index contributed by atoms with van der Waals surface area (Å²) in [4.78, 5) is 4.59. The molecule has 3 heteroatoms. The van der Waals surface area contributed by atoms with E-state index in [0.717, 1.165) is 27.2 Å². The quantitative estimate of drug-likeness (QED) is 0.190. The number of nitrogens with zero attached hydrogens (tertiary/aromatic N) is 1. The van der Waals surface area contributed by atoms with Crippen LogP contribution in [0, 0.1) is 0 Å². The second kappa shape index (κ2) is 6.70. The van der Waals surface area contributed by atoms with E-state index < -0.39 is 0 Å². The fourth-order valence-electron chi connectivity index (χ4n) is 4.48. The molecule has 0 N–H and O–H groups in total. The third-order valence-corrected chi connectivity index (χ3v) is 6.30. The molecule has 0 amide bonds. The maximum absolute atomic E-state index is 6.61. The van der Waals surface area contributed by atoms with Crippen LogP contribution in [0.4, 0.5) is 0 Å². The summed E-state index contributed by atoms with van der Waals surface area (Å²) >= 11 is 12.8. The van der Waals surface area contributed by atoms with Gasteiger partial charge in [0.2, 0.25) is 0 Å². The maximum Gasteiger partial charge on any atom is 0.131 e. The van der Waals surface area contributed by atoms with Crippen LogP contribution in [0.2, 0.25) is 10.2 Å². The van der Waals surface area contributed by atoms with Crippen LogP contribution in [0.5, 0.6) is 0 Å². The Morgan fingerprint density at radius 2 is 1.07 bits per heavy atom. The molecule has 0 spiro atoms. The van der Waals surface area contributed by atoms with E-state index >= 15 is 0 Å². The highest BCUT2D eigenvalue weighted by atomic mass is 35.5. The van der Waals surface area contributed by atoms with Crippen molar-refractivity contribution >= 4 is 66.4 Å². The summed E-state index contributed by atoms with van der Waals surface area (Å²) in [6, 6.07) is 31.6. The Kier molecular flexibility index (Phi) is 3.95. The smallest absolute Gasteiger partial charge is 0.131 e. The van der Waals surface area contributed by atoms with Gasteiger partial charge in [-0.25, -0.2) is 4.98 Å². The number of aromatic nitrogens is 1. The molecule has 0 aliphatic carbocycles. The molecule has 0 aliphatic rings. The number of halogens is 2. The van der Waals surface area contributed by atoms with Crippen LogP contribution in [0.15, 0.2) is 91.0 Å². The van der Waals surface area contributed by atoms with E-state index in [0.29, 0.717) is 10.2 Å². The van der Waals surface area contributed by atoms with Gasteiger partial charge in [-0.1, -0.05) is 96.0 Å². The highest BCUT2D eigenvalue weighted by Crippen LogP contribution is 2.41. The first-order valence-corrected chi connectivity index (χ1v) is 10.5. The van der Waals surface area contributed by atoms with Crippen molar-refractivity contribution in [3.8, 4) is 11.1 Å². The third-order valence-electron chi connectivity index (χ3n) is 5.80. The molecule has 5 aromatic carbocycles. The lowest BCUT2D eigenvalue weighted by molar-refractivity contribution is 1.42. The highest BCUT2D eigenvalue weighted by Gasteiger charge is 2.15. The number of hydrogen-bond acceptors (Lipinski definition) is 1. The monoisotopic (exact) mass is 423 g/mol. The molecular weight excluding hydrogens is 409 g/mol. The van der Waals surface area contributed by atoms with Gasteiger partial charge < -0.3 is 0 Å². The van der Waals surface area contributed by atoms with Gasteiger partial charge in [-0.3, -0.25) is 0 Å². The summed E-state index contributed by atoms with van der Waals surface area (Å²) < 4.78 is 0. The first kappa shape index (κ1) is 17.7. The van der Waals surface area contributed by atoms with Gasteiger partial charge in [-0.15, -0.1) is 0 Å². The summed E-state index contributed by atoms with van der Waals surface area (Å²) in [5.41, 5.74) is 3.16. The molecule has 0 saturated carbocycles. The number of pyridine rings is 1. The summed E-state index contributed by atoms with van der Waals surface area (Å²) in [6.45, 7) is 0. The van der Waals surface area contributed by atoms with Crippen LogP contribution in [-0.4, -0.2) is 4.98 Å². The minimum Gasteiger partial charge on any atom is -0.235 e. The fourth-order valence-corrected chi connectivity index (χ4v) is 4.98. The SMILES string of the molecule is Clc1cc(Cl)c2cc(-c3cc4ccccc4c4ccccc34)c3ccccc3c2n1. The molecule has 1 nitrogen and oxygen atoms in total. The second-order valence-corrected chi connectivity index (χ2v) is 8.28. The van der Waals surface area contributed by atoms with Crippen molar-refractivity contribution < 1.29 is 0 Å². The number of fused-ring (bicyclic) bond motifs is 6. The van der Waals surface area contributed by atoms with E-state index in [4.69, 9.17) is 23.2 Å². The molecule has 0 saturated heterocycles. The Morgan fingerprint density at radius 3 is 1.83 bits per heavy atom. The third kappa shape index (κ3) is 2.60. The van der Waals surface area contributed by atoms with Crippen molar-refractivity contribution in [3.63, 3.8) is 0 Å². The lowest BCUT2D eigenvalue weighted by Crippen LogP contribution is -1.90. The summed E-state index contributed by atoms with van der Waals surface area (Å²) in [5, 5.41) is 9.05. The summed E-state index contributed by atoms with van der Waals surface area (Å²) in [5.74, 6) is 0. The Morgan fingerprint density at radius 1 is 0.500 bits per heavy atom. The van der Waals surface area contributed by atoms with Gasteiger partial charge >= 0.3 is 0 Å². The van der Waals surface area contributed by atoms with Gasteiger partial charge in [0.25, 0.3) is 0 Å². The zero-order valence-corrected chi connectivity index (χ0v) is 17.4. The molecule has 142 valence electrons. The molecule has 0 fully saturated rings. The van der Waals surface area contributed by atoms with Gasteiger partial charge in [0.05, 0.1) is 10.5 Å².